The molecule has 0 N–H and O–H groups in total. The van der Waals surface area contributed by atoms with Crippen LogP contribution in [0, 0.1) is 11.8 Å². The van der Waals surface area contributed by atoms with Crippen LogP contribution in [-0.2, 0) is 4.74 Å². The summed E-state index contributed by atoms with van der Waals surface area (Å²) in [5.41, 5.74) is -0.436. The zero-order chi connectivity index (χ0) is 14.3. The zero-order valence-electron chi connectivity index (χ0n) is 12.8. The third kappa shape index (κ3) is 6.00. The quantitative estimate of drug-likeness (QED) is 0.558. The van der Waals surface area contributed by atoms with Gasteiger partial charge in [-0.2, -0.15) is 0 Å². The number of nitrogens with zero attached hydrogens (tertiary/aromatic N) is 1. The van der Waals surface area contributed by atoms with E-state index >= 15 is 0 Å². The van der Waals surface area contributed by atoms with Gasteiger partial charge in [0, 0.05) is 13.0 Å². The number of rotatable bonds is 2. The van der Waals surface area contributed by atoms with Gasteiger partial charge in [-0.15, -0.1) is 5.92 Å². The van der Waals surface area contributed by atoms with E-state index in [0.29, 0.717) is 0 Å². The number of unbranched alkanes of at least 4 members (excludes halogenated alkanes) is 2. The van der Waals surface area contributed by atoms with Crippen LogP contribution in [0.1, 0.15) is 66.2 Å². The minimum atomic E-state index is -0.436. The first-order valence-electron chi connectivity index (χ1n) is 7.42. The Morgan fingerprint density at radius 2 is 2.11 bits per heavy atom. The second-order valence-corrected chi connectivity index (χ2v) is 6.11. The summed E-state index contributed by atoms with van der Waals surface area (Å²) in [5, 5.41) is 0. The average Bonchev–Trinajstić information content (AvgIpc) is 2.33. The molecule has 0 saturated carbocycles. The molecule has 3 nitrogen and oxygen atoms in total. The van der Waals surface area contributed by atoms with Gasteiger partial charge in [-0.05, 0) is 46.5 Å². The number of amides is 1. The number of likely N-dealkylation sites (tertiary alicyclic amines) is 1. The standard InChI is InChI=1S/C16H27NO2/c1-5-6-7-8-11-14-12-9-10-13-17(14)15(18)19-16(2,3)4/h14H,5-7,9-10,12-13H2,1-4H3. The van der Waals surface area contributed by atoms with Crippen molar-refractivity contribution in [1.29, 1.82) is 0 Å². The van der Waals surface area contributed by atoms with Crippen LogP contribution < -0.4 is 0 Å². The van der Waals surface area contributed by atoms with Gasteiger partial charge in [0.15, 0.2) is 0 Å². The summed E-state index contributed by atoms with van der Waals surface area (Å²) >= 11 is 0. The van der Waals surface area contributed by atoms with Gasteiger partial charge in [0.25, 0.3) is 0 Å². The Morgan fingerprint density at radius 1 is 1.37 bits per heavy atom. The summed E-state index contributed by atoms with van der Waals surface area (Å²) in [6.45, 7) is 8.63. The smallest absolute Gasteiger partial charge is 0.411 e. The van der Waals surface area contributed by atoms with E-state index < -0.39 is 5.60 Å². The SMILES string of the molecule is CCCCC#CC1CCCCN1C(=O)OC(C)(C)C. The van der Waals surface area contributed by atoms with Crippen molar-refractivity contribution >= 4 is 6.09 Å². The second kappa shape index (κ2) is 7.43. The van der Waals surface area contributed by atoms with E-state index in [9.17, 15) is 4.79 Å². The number of ether oxygens (including phenoxy) is 1. The normalized spacial score (nSPS) is 19.6. The fourth-order valence-electron chi connectivity index (χ4n) is 2.08. The molecule has 1 atom stereocenters. The van der Waals surface area contributed by atoms with Crippen molar-refractivity contribution in [3.05, 3.63) is 0 Å². The predicted octanol–water partition coefficient (Wildman–Crippen LogP) is 3.97. The molecule has 108 valence electrons. The maximum absolute atomic E-state index is 12.1. The number of hydrogen-bond donors (Lipinski definition) is 0. The molecule has 1 fully saturated rings. The third-order valence-electron chi connectivity index (χ3n) is 3.05. The Labute approximate surface area is 117 Å². The Balaban J connectivity index is 2.61. The van der Waals surface area contributed by atoms with Crippen molar-refractivity contribution < 1.29 is 9.53 Å². The van der Waals surface area contributed by atoms with Crippen LogP contribution in [0.2, 0.25) is 0 Å². The van der Waals surface area contributed by atoms with Crippen molar-refractivity contribution in [2.45, 2.75) is 77.9 Å². The molecule has 1 rings (SSSR count). The molecule has 1 aliphatic rings. The summed E-state index contributed by atoms with van der Waals surface area (Å²) in [7, 11) is 0. The highest BCUT2D eigenvalue weighted by molar-refractivity contribution is 5.69. The molecule has 0 aromatic carbocycles. The van der Waals surface area contributed by atoms with Crippen LogP contribution in [0.4, 0.5) is 4.79 Å². The van der Waals surface area contributed by atoms with Crippen LogP contribution in [0.3, 0.4) is 0 Å². The van der Waals surface area contributed by atoms with E-state index in [4.69, 9.17) is 4.74 Å². The molecule has 0 aromatic rings. The highest BCUT2D eigenvalue weighted by atomic mass is 16.6. The lowest BCUT2D eigenvalue weighted by Crippen LogP contribution is -2.45. The highest BCUT2D eigenvalue weighted by Crippen LogP contribution is 2.20. The fourth-order valence-corrected chi connectivity index (χ4v) is 2.08. The lowest BCUT2D eigenvalue weighted by atomic mass is 10.0. The molecular formula is C16H27NO2. The summed E-state index contributed by atoms with van der Waals surface area (Å²) < 4.78 is 5.45. The monoisotopic (exact) mass is 265 g/mol. The van der Waals surface area contributed by atoms with Gasteiger partial charge in [-0.25, -0.2) is 4.79 Å². The van der Waals surface area contributed by atoms with Crippen molar-refractivity contribution in [3.63, 3.8) is 0 Å². The summed E-state index contributed by atoms with van der Waals surface area (Å²) in [4.78, 5) is 13.9. The molecule has 1 saturated heterocycles. The highest BCUT2D eigenvalue weighted by Gasteiger charge is 2.29. The van der Waals surface area contributed by atoms with Crippen molar-refractivity contribution in [1.82, 2.24) is 4.90 Å². The van der Waals surface area contributed by atoms with Crippen molar-refractivity contribution in [3.8, 4) is 11.8 Å². The molecular weight excluding hydrogens is 238 g/mol. The Morgan fingerprint density at radius 3 is 2.74 bits per heavy atom. The molecule has 19 heavy (non-hydrogen) atoms. The molecule has 0 bridgehead atoms. The molecule has 3 heteroatoms. The van der Waals surface area contributed by atoms with Crippen LogP contribution in [0.15, 0.2) is 0 Å². The first kappa shape index (κ1) is 15.9. The number of carbonyl (C=O) groups is 1. The van der Waals surface area contributed by atoms with E-state index in [2.05, 4.69) is 18.8 Å². The Kier molecular flexibility index (Phi) is 6.21. The third-order valence-corrected chi connectivity index (χ3v) is 3.05. The van der Waals surface area contributed by atoms with Gasteiger partial charge in [0.2, 0.25) is 0 Å². The number of carbonyl (C=O) groups excluding carboxylic acids is 1. The minimum absolute atomic E-state index is 0.0421. The lowest BCUT2D eigenvalue weighted by molar-refractivity contribution is 0.0158. The minimum Gasteiger partial charge on any atom is -0.444 e. The van der Waals surface area contributed by atoms with E-state index in [1.165, 1.54) is 0 Å². The lowest BCUT2D eigenvalue weighted by Gasteiger charge is -2.34. The topological polar surface area (TPSA) is 29.5 Å². The van der Waals surface area contributed by atoms with Crippen LogP contribution in [-0.4, -0.2) is 29.2 Å². The van der Waals surface area contributed by atoms with E-state index in [1.807, 2.05) is 20.8 Å². The molecule has 0 aromatic heterocycles. The van der Waals surface area contributed by atoms with E-state index in [-0.39, 0.29) is 12.1 Å². The Bertz CT molecular complexity index is 346. The maximum Gasteiger partial charge on any atom is 0.411 e. The van der Waals surface area contributed by atoms with E-state index in [0.717, 1.165) is 45.1 Å². The predicted molar refractivity (Wildman–Crippen MR) is 77.9 cm³/mol. The second-order valence-electron chi connectivity index (χ2n) is 6.11. The van der Waals surface area contributed by atoms with Gasteiger partial charge in [0.05, 0.1) is 6.04 Å². The summed E-state index contributed by atoms with van der Waals surface area (Å²) in [6.07, 6.45) is 6.16. The first-order valence-corrected chi connectivity index (χ1v) is 7.42. The van der Waals surface area contributed by atoms with Gasteiger partial charge >= 0.3 is 6.09 Å². The van der Waals surface area contributed by atoms with Crippen LogP contribution in [0.25, 0.3) is 0 Å². The molecule has 1 unspecified atom stereocenters. The number of hydrogen-bond acceptors (Lipinski definition) is 2. The zero-order valence-corrected chi connectivity index (χ0v) is 12.8. The van der Waals surface area contributed by atoms with Gasteiger partial charge in [0.1, 0.15) is 5.60 Å². The maximum atomic E-state index is 12.1. The van der Waals surface area contributed by atoms with Gasteiger partial charge < -0.3 is 4.74 Å². The summed E-state index contributed by atoms with van der Waals surface area (Å²) in [6, 6.07) is 0.0421. The first-order chi connectivity index (χ1) is 8.94. The van der Waals surface area contributed by atoms with Crippen molar-refractivity contribution in [2.75, 3.05) is 6.54 Å². The van der Waals surface area contributed by atoms with Crippen LogP contribution >= 0.6 is 0 Å². The van der Waals surface area contributed by atoms with Crippen molar-refractivity contribution in [2.24, 2.45) is 0 Å². The number of piperidine rings is 1. The molecule has 1 aliphatic heterocycles. The fraction of sp³-hybridized carbons (Fsp3) is 0.812. The van der Waals surface area contributed by atoms with Crippen LogP contribution in [0.5, 0.6) is 0 Å². The molecule has 0 radical (unpaired) electrons. The van der Waals surface area contributed by atoms with E-state index in [1.54, 1.807) is 4.90 Å². The molecule has 1 amide bonds. The molecule has 1 heterocycles. The van der Waals surface area contributed by atoms with Gasteiger partial charge in [-0.1, -0.05) is 19.3 Å². The molecule has 0 spiro atoms. The summed E-state index contributed by atoms with van der Waals surface area (Å²) in [5.74, 6) is 6.45. The van der Waals surface area contributed by atoms with Gasteiger partial charge in [-0.3, -0.25) is 4.90 Å². The average molecular weight is 265 g/mol. The molecule has 0 aliphatic carbocycles. The largest absolute Gasteiger partial charge is 0.444 e. The Hall–Kier alpha value is -1.17.